The third-order valence-electron chi connectivity index (χ3n) is 6.50. The number of hydrogen-bond acceptors (Lipinski definition) is 5. The van der Waals surface area contributed by atoms with Crippen molar-refractivity contribution in [2.45, 2.75) is 25.6 Å². The Morgan fingerprint density at radius 2 is 1.91 bits per heavy atom. The van der Waals surface area contributed by atoms with Gasteiger partial charge in [-0.25, -0.2) is 0 Å². The highest BCUT2D eigenvalue weighted by atomic mass is 19.4. The van der Waals surface area contributed by atoms with Crippen LogP contribution in [0.3, 0.4) is 0 Å². The number of ether oxygens (including phenoxy) is 1. The van der Waals surface area contributed by atoms with Crippen molar-refractivity contribution < 1.29 is 22.7 Å². The lowest BCUT2D eigenvalue weighted by Crippen LogP contribution is -2.39. The molecule has 0 bridgehead atoms. The molecule has 1 aromatic carbocycles. The Morgan fingerprint density at radius 3 is 2.60 bits per heavy atom. The number of carbonyl (C=O) groups excluding carboxylic acids is 1. The van der Waals surface area contributed by atoms with Crippen LogP contribution in [0.4, 0.5) is 13.2 Å². The van der Waals surface area contributed by atoms with E-state index >= 15 is 0 Å². The quantitative estimate of drug-likeness (QED) is 0.437. The predicted molar refractivity (Wildman–Crippen MR) is 122 cm³/mol. The normalized spacial score (nSPS) is 16.0. The Hall–Kier alpha value is -3.89. The minimum absolute atomic E-state index is 0.170. The van der Waals surface area contributed by atoms with Crippen molar-refractivity contribution in [1.82, 2.24) is 29.4 Å². The van der Waals surface area contributed by atoms with Crippen molar-refractivity contribution >= 4 is 16.8 Å². The Morgan fingerprint density at radius 1 is 1.14 bits per heavy atom. The molecule has 1 aliphatic rings. The van der Waals surface area contributed by atoms with E-state index in [2.05, 4.69) is 15.2 Å². The third kappa shape index (κ3) is 3.62. The fraction of sp³-hybridized carbons (Fsp3) is 0.333. The number of aromatic nitrogens is 5. The summed E-state index contributed by atoms with van der Waals surface area (Å²) in [5.41, 5.74) is 2.53. The first-order valence-electron chi connectivity index (χ1n) is 11.0. The van der Waals surface area contributed by atoms with E-state index in [0.717, 1.165) is 11.6 Å². The van der Waals surface area contributed by atoms with E-state index in [1.807, 2.05) is 13.0 Å². The summed E-state index contributed by atoms with van der Waals surface area (Å²) in [7, 11) is 4.72. The second kappa shape index (κ2) is 8.10. The predicted octanol–water partition coefficient (Wildman–Crippen LogP) is 4.16. The zero-order valence-electron chi connectivity index (χ0n) is 19.6. The summed E-state index contributed by atoms with van der Waals surface area (Å²) in [6, 6.07) is 7.71. The molecule has 5 rings (SSSR count). The van der Waals surface area contributed by atoms with E-state index in [9.17, 15) is 18.0 Å². The highest BCUT2D eigenvalue weighted by molar-refractivity contribution is 6.07. The molecule has 3 aromatic heterocycles. The van der Waals surface area contributed by atoms with E-state index in [1.54, 1.807) is 48.1 Å². The lowest BCUT2D eigenvalue weighted by Gasteiger charge is -2.33. The van der Waals surface area contributed by atoms with E-state index in [4.69, 9.17) is 4.74 Å². The molecule has 0 saturated carbocycles. The Bertz CT molecular complexity index is 1460. The van der Waals surface area contributed by atoms with Crippen LogP contribution in [0, 0.1) is 0 Å². The van der Waals surface area contributed by atoms with Gasteiger partial charge in [-0.05, 0) is 37.6 Å². The largest absolute Gasteiger partial charge is 0.494 e. The lowest BCUT2D eigenvalue weighted by atomic mass is 9.96. The monoisotopic (exact) mass is 484 g/mol. The van der Waals surface area contributed by atoms with Gasteiger partial charge in [-0.1, -0.05) is 6.07 Å². The summed E-state index contributed by atoms with van der Waals surface area (Å²) in [5, 5.41) is 8.93. The van der Waals surface area contributed by atoms with E-state index < -0.39 is 11.9 Å². The molecule has 1 amide bonds. The number of aryl methyl sites for hydroxylation is 2. The van der Waals surface area contributed by atoms with E-state index in [-0.39, 0.29) is 11.9 Å². The molecule has 35 heavy (non-hydrogen) atoms. The topological polar surface area (TPSA) is 78.1 Å². The van der Waals surface area contributed by atoms with Gasteiger partial charge < -0.3 is 9.64 Å². The molecular weight excluding hydrogens is 461 g/mol. The van der Waals surface area contributed by atoms with Crippen LogP contribution in [0.1, 0.15) is 40.3 Å². The fourth-order valence-electron chi connectivity index (χ4n) is 4.82. The van der Waals surface area contributed by atoms with Gasteiger partial charge in [0.25, 0.3) is 5.91 Å². The molecule has 4 aromatic rings. The molecule has 11 heteroatoms. The number of benzene rings is 1. The van der Waals surface area contributed by atoms with E-state index in [1.165, 1.54) is 11.7 Å². The van der Waals surface area contributed by atoms with Crippen LogP contribution in [-0.2, 0) is 26.7 Å². The molecule has 1 aliphatic heterocycles. The first-order valence-corrected chi connectivity index (χ1v) is 11.0. The van der Waals surface area contributed by atoms with Crippen LogP contribution in [0.15, 0.2) is 36.5 Å². The highest BCUT2D eigenvalue weighted by Crippen LogP contribution is 2.38. The standard InChI is InChI=1S/C24H23F3N6O2/c1-13-20-16(22(32(3)30-20)17-12-19(24(25,26)27)29-31(17)2)9-11-33(13)23(34)15-7-8-18(35-4)21-14(15)6-5-10-28-21/h5-8,10,12-13H,9,11H2,1-4H3/t13-/m0/s1. The number of hydrogen-bond donors (Lipinski definition) is 0. The number of alkyl halides is 3. The summed E-state index contributed by atoms with van der Waals surface area (Å²) in [5.74, 6) is 0.408. The Labute approximate surface area is 198 Å². The van der Waals surface area contributed by atoms with Gasteiger partial charge in [-0.15, -0.1) is 0 Å². The zero-order valence-corrected chi connectivity index (χ0v) is 19.6. The molecular formula is C24H23F3N6O2. The van der Waals surface area contributed by atoms with Gasteiger partial charge in [0.05, 0.1) is 30.2 Å². The first-order chi connectivity index (χ1) is 16.6. The molecule has 0 aliphatic carbocycles. The van der Waals surface area contributed by atoms with Gasteiger partial charge in [0, 0.05) is 43.4 Å². The SMILES string of the molecule is COc1ccc(C(=O)N2CCc3c(nn(C)c3-c3cc(C(F)(F)F)nn3C)[C@@H]2C)c2cccnc12. The van der Waals surface area contributed by atoms with Crippen molar-refractivity contribution in [3.05, 3.63) is 59.0 Å². The van der Waals surface area contributed by atoms with Crippen molar-refractivity contribution in [3.63, 3.8) is 0 Å². The number of rotatable bonds is 3. The van der Waals surface area contributed by atoms with Crippen LogP contribution in [0.25, 0.3) is 22.3 Å². The van der Waals surface area contributed by atoms with Crippen LogP contribution in [0.5, 0.6) is 5.75 Å². The third-order valence-corrected chi connectivity index (χ3v) is 6.50. The summed E-state index contributed by atoms with van der Waals surface area (Å²) >= 11 is 0. The first kappa shape index (κ1) is 22.9. The van der Waals surface area contributed by atoms with Crippen molar-refractivity contribution in [2.24, 2.45) is 14.1 Å². The Kier molecular flexibility index (Phi) is 5.30. The van der Waals surface area contributed by atoms with E-state index in [0.29, 0.717) is 52.3 Å². The average Bonchev–Trinajstić information content (AvgIpc) is 3.37. The van der Waals surface area contributed by atoms with Gasteiger partial charge >= 0.3 is 6.18 Å². The van der Waals surface area contributed by atoms with Crippen molar-refractivity contribution in [3.8, 4) is 17.1 Å². The second-order valence-electron chi connectivity index (χ2n) is 8.51. The molecule has 8 nitrogen and oxygen atoms in total. The lowest BCUT2D eigenvalue weighted by molar-refractivity contribution is -0.141. The van der Waals surface area contributed by atoms with Gasteiger partial charge in [0.15, 0.2) is 5.69 Å². The minimum Gasteiger partial charge on any atom is -0.494 e. The second-order valence-corrected chi connectivity index (χ2v) is 8.51. The van der Waals surface area contributed by atoms with Crippen molar-refractivity contribution in [1.29, 1.82) is 0 Å². The summed E-state index contributed by atoms with van der Waals surface area (Å²) in [4.78, 5) is 19.8. The van der Waals surface area contributed by atoms with Gasteiger partial charge in [-0.2, -0.15) is 23.4 Å². The molecule has 0 saturated heterocycles. The maximum atomic E-state index is 13.6. The van der Waals surface area contributed by atoms with Gasteiger partial charge in [0.1, 0.15) is 11.3 Å². The van der Waals surface area contributed by atoms with Crippen LogP contribution < -0.4 is 4.74 Å². The number of pyridine rings is 1. The molecule has 0 spiro atoms. The smallest absolute Gasteiger partial charge is 0.435 e. The average molecular weight is 484 g/mol. The number of methoxy groups -OCH3 is 1. The maximum absolute atomic E-state index is 13.6. The van der Waals surface area contributed by atoms with Crippen molar-refractivity contribution in [2.75, 3.05) is 13.7 Å². The maximum Gasteiger partial charge on any atom is 0.435 e. The molecule has 4 heterocycles. The summed E-state index contributed by atoms with van der Waals surface area (Å²) < 4.78 is 47.9. The number of halogens is 3. The highest BCUT2D eigenvalue weighted by Gasteiger charge is 2.38. The number of fused-ring (bicyclic) bond motifs is 2. The van der Waals surface area contributed by atoms with Crippen LogP contribution in [0.2, 0.25) is 0 Å². The minimum atomic E-state index is -4.54. The molecule has 0 radical (unpaired) electrons. The van der Waals surface area contributed by atoms with Gasteiger partial charge in [-0.3, -0.25) is 19.1 Å². The van der Waals surface area contributed by atoms with Crippen LogP contribution in [-0.4, -0.2) is 49.0 Å². The molecule has 1 atom stereocenters. The van der Waals surface area contributed by atoms with Gasteiger partial charge in [0.2, 0.25) is 0 Å². The summed E-state index contributed by atoms with van der Waals surface area (Å²) in [6.07, 6.45) is -2.44. The number of nitrogens with zero attached hydrogens (tertiary/aromatic N) is 6. The molecule has 0 unspecified atom stereocenters. The molecule has 0 fully saturated rings. The van der Waals surface area contributed by atoms with Crippen LogP contribution >= 0.6 is 0 Å². The molecule has 182 valence electrons. The number of amides is 1. The number of carbonyl (C=O) groups is 1. The Balaban J connectivity index is 1.53. The summed E-state index contributed by atoms with van der Waals surface area (Å²) in [6.45, 7) is 2.27. The zero-order chi connectivity index (χ0) is 25.1. The fourth-order valence-corrected chi connectivity index (χ4v) is 4.82. The molecule has 0 N–H and O–H groups in total.